The first-order valence-corrected chi connectivity index (χ1v) is 9.37. The molecule has 0 bridgehead atoms. The molecule has 5 heteroatoms. The molecule has 0 aliphatic heterocycles. The molecular formula is C19H22Cl2N2S. The first-order valence-electron chi connectivity index (χ1n) is 8.20. The van der Waals surface area contributed by atoms with Gasteiger partial charge in [-0.1, -0.05) is 61.5 Å². The third-order valence-corrected chi connectivity index (χ3v) is 4.46. The van der Waals surface area contributed by atoms with E-state index in [9.17, 15) is 0 Å². The summed E-state index contributed by atoms with van der Waals surface area (Å²) in [7, 11) is 0. The number of hydrogen-bond acceptors (Lipinski definition) is 1. The van der Waals surface area contributed by atoms with E-state index in [1.807, 2.05) is 12.1 Å². The summed E-state index contributed by atoms with van der Waals surface area (Å²) in [5, 5.41) is 7.87. The molecule has 0 spiro atoms. The summed E-state index contributed by atoms with van der Waals surface area (Å²) in [6.07, 6.45) is 6.25. The first kappa shape index (κ1) is 19.0. The highest BCUT2D eigenvalue weighted by Gasteiger charge is 2.04. The average Bonchev–Trinajstić information content (AvgIpc) is 2.56. The number of halogens is 2. The Labute approximate surface area is 159 Å². The summed E-state index contributed by atoms with van der Waals surface area (Å²) in [5.41, 5.74) is 3.04. The Morgan fingerprint density at radius 3 is 2.38 bits per heavy atom. The van der Waals surface area contributed by atoms with Gasteiger partial charge < -0.3 is 10.6 Å². The lowest BCUT2D eigenvalue weighted by molar-refractivity contribution is 0.667. The van der Waals surface area contributed by atoms with Crippen molar-refractivity contribution >= 4 is 51.9 Å². The summed E-state index contributed by atoms with van der Waals surface area (Å²) < 4.78 is 0. The highest BCUT2D eigenvalue weighted by Crippen LogP contribution is 2.25. The van der Waals surface area contributed by atoms with Crippen LogP contribution in [0.1, 0.15) is 38.2 Å². The lowest BCUT2D eigenvalue weighted by atomic mass is 10.1. The predicted molar refractivity (Wildman–Crippen MR) is 111 cm³/mol. The SMILES string of the molecule is CCCCCCc1ccc(NC(=S)Nc2ccc(Cl)cc2Cl)cc1. The normalized spacial score (nSPS) is 10.5. The molecule has 2 rings (SSSR count). The highest BCUT2D eigenvalue weighted by molar-refractivity contribution is 7.80. The fraction of sp³-hybridized carbons (Fsp3) is 0.316. The molecule has 0 saturated carbocycles. The van der Waals surface area contributed by atoms with Crippen molar-refractivity contribution in [2.24, 2.45) is 0 Å². The van der Waals surface area contributed by atoms with Crippen molar-refractivity contribution in [1.82, 2.24) is 0 Å². The fourth-order valence-electron chi connectivity index (χ4n) is 2.39. The smallest absolute Gasteiger partial charge is 0.175 e. The summed E-state index contributed by atoms with van der Waals surface area (Å²) >= 11 is 17.4. The molecule has 0 radical (unpaired) electrons. The fourth-order valence-corrected chi connectivity index (χ4v) is 3.07. The van der Waals surface area contributed by atoms with Crippen molar-refractivity contribution in [2.75, 3.05) is 10.6 Å². The van der Waals surface area contributed by atoms with Crippen LogP contribution in [0.4, 0.5) is 11.4 Å². The zero-order valence-electron chi connectivity index (χ0n) is 13.7. The summed E-state index contributed by atoms with van der Waals surface area (Å²) in [6.45, 7) is 2.23. The minimum absolute atomic E-state index is 0.495. The molecule has 0 heterocycles. The monoisotopic (exact) mass is 380 g/mol. The van der Waals surface area contributed by atoms with Crippen LogP contribution in [0, 0.1) is 0 Å². The largest absolute Gasteiger partial charge is 0.332 e. The molecule has 0 amide bonds. The second-order valence-corrected chi connectivity index (χ2v) is 6.96. The Morgan fingerprint density at radius 2 is 1.71 bits per heavy atom. The van der Waals surface area contributed by atoms with Crippen LogP contribution in [0.25, 0.3) is 0 Å². The van der Waals surface area contributed by atoms with Crippen LogP contribution in [0.15, 0.2) is 42.5 Å². The maximum absolute atomic E-state index is 6.13. The number of hydrogen-bond donors (Lipinski definition) is 2. The number of aryl methyl sites for hydroxylation is 1. The molecule has 128 valence electrons. The van der Waals surface area contributed by atoms with E-state index in [4.69, 9.17) is 35.4 Å². The van der Waals surface area contributed by atoms with E-state index in [1.54, 1.807) is 18.2 Å². The zero-order chi connectivity index (χ0) is 17.4. The minimum Gasteiger partial charge on any atom is -0.332 e. The molecule has 0 fully saturated rings. The van der Waals surface area contributed by atoms with Crippen LogP contribution in [0.3, 0.4) is 0 Å². The Balaban J connectivity index is 1.85. The number of anilines is 2. The van der Waals surface area contributed by atoms with Crippen molar-refractivity contribution in [3.8, 4) is 0 Å². The third kappa shape index (κ3) is 6.31. The highest BCUT2D eigenvalue weighted by atomic mass is 35.5. The van der Waals surface area contributed by atoms with Crippen LogP contribution in [0.5, 0.6) is 0 Å². The molecule has 0 atom stereocenters. The number of unbranched alkanes of at least 4 members (excludes halogenated alkanes) is 3. The molecule has 2 N–H and O–H groups in total. The Bertz CT molecular complexity index is 672. The van der Waals surface area contributed by atoms with Gasteiger partial charge in [0.1, 0.15) is 0 Å². The number of nitrogens with one attached hydrogen (secondary N) is 2. The molecular weight excluding hydrogens is 359 g/mol. The van der Waals surface area contributed by atoms with E-state index >= 15 is 0 Å². The molecule has 2 nitrogen and oxygen atoms in total. The van der Waals surface area contributed by atoms with Gasteiger partial charge in [-0.05, 0) is 61.0 Å². The Kier molecular flexibility index (Phi) is 7.83. The van der Waals surface area contributed by atoms with Crippen molar-refractivity contribution < 1.29 is 0 Å². The molecule has 24 heavy (non-hydrogen) atoms. The van der Waals surface area contributed by atoms with Gasteiger partial charge in [0.2, 0.25) is 0 Å². The minimum atomic E-state index is 0.495. The number of thiocarbonyl (C=S) groups is 1. The quantitative estimate of drug-likeness (QED) is 0.402. The van der Waals surface area contributed by atoms with E-state index in [-0.39, 0.29) is 0 Å². The van der Waals surface area contributed by atoms with Crippen LogP contribution < -0.4 is 10.6 Å². The van der Waals surface area contributed by atoms with E-state index in [0.29, 0.717) is 15.2 Å². The zero-order valence-corrected chi connectivity index (χ0v) is 16.1. The van der Waals surface area contributed by atoms with Crippen molar-refractivity contribution in [3.63, 3.8) is 0 Å². The molecule has 0 aliphatic carbocycles. The standard InChI is InChI=1S/C19H22Cl2N2S/c1-2-3-4-5-6-14-7-10-16(11-8-14)22-19(24)23-18-12-9-15(20)13-17(18)21/h7-13H,2-6H2,1H3,(H2,22,23,24). The molecule has 0 unspecified atom stereocenters. The lowest BCUT2D eigenvalue weighted by Gasteiger charge is -2.12. The maximum Gasteiger partial charge on any atom is 0.175 e. The van der Waals surface area contributed by atoms with Crippen molar-refractivity contribution in [2.45, 2.75) is 39.0 Å². The van der Waals surface area contributed by atoms with Gasteiger partial charge in [-0.15, -0.1) is 0 Å². The Hall–Kier alpha value is -1.29. The maximum atomic E-state index is 6.13. The molecule has 0 saturated heterocycles. The average molecular weight is 381 g/mol. The van der Waals surface area contributed by atoms with Crippen molar-refractivity contribution in [3.05, 3.63) is 58.1 Å². The molecule has 2 aromatic carbocycles. The van der Waals surface area contributed by atoms with Gasteiger partial charge >= 0.3 is 0 Å². The van der Waals surface area contributed by atoms with E-state index in [2.05, 4.69) is 29.7 Å². The van der Waals surface area contributed by atoms with Crippen LogP contribution in [-0.2, 0) is 6.42 Å². The summed E-state index contributed by atoms with van der Waals surface area (Å²) in [5.74, 6) is 0. The molecule has 0 aliphatic rings. The summed E-state index contributed by atoms with van der Waals surface area (Å²) in [6, 6.07) is 13.6. The van der Waals surface area contributed by atoms with E-state index in [0.717, 1.165) is 17.8 Å². The van der Waals surface area contributed by atoms with Gasteiger partial charge in [0.05, 0.1) is 10.7 Å². The van der Waals surface area contributed by atoms with Gasteiger partial charge in [0.25, 0.3) is 0 Å². The van der Waals surface area contributed by atoms with Gasteiger partial charge in [-0.2, -0.15) is 0 Å². The second-order valence-electron chi connectivity index (χ2n) is 5.71. The van der Waals surface area contributed by atoms with Gasteiger partial charge in [-0.25, -0.2) is 0 Å². The van der Waals surface area contributed by atoms with Gasteiger partial charge in [-0.3, -0.25) is 0 Å². The first-order chi connectivity index (χ1) is 11.6. The van der Waals surface area contributed by atoms with Crippen LogP contribution in [0.2, 0.25) is 10.0 Å². The molecule has 2 aromatic rings. The predicted octanol–water partition coefficient (Wildman–Crippen LogP) is 6.93. The number of rotatable bonds is 7. The van der Waals surface area contributed by atoms with Crippen LogP contribution >= 0.6 is 35.4 Å². The topological polar surface area (TPSA) is 24.1 Å². The van der Waals surface area contributed by atoms with E-state index in [1.165, 1.54) is 31.2 Å². The van der Waals surface area contributed by atoms with Gasteiger partial charge in [0, 0.05) is 10.7 Å². The third-order valence-electron chi connectivity index (χ3n) is 3.71. The lowest BCUT2D eigenvalue weighted by Crippen LogP contribution is -2.19. The Morgan fingerprint density at radius 1 is 0.958 bits per heavy atom. The summed E-state index contributed by atoms with van der Waals surface area (Å²) in [4.78, 5) is 0. The number of benzene rings is 2. The second kappa shape index (κ2) is 9.87. The van der Waals surface area contributed by atoms with Crippen LogP contribution in [-0.4, -0.2) is 5.11 Å². The van der Waals surface area contributed by atoms with E-state index < -0.39 is 0 Å². The van der Waals surface area contributed by atoms with Gasteiger partial charge in [0.15, 0.2) is 5.11 Å². The molecule has 0 aromatic heterocycles. The van der Waals surface area contributed by atoms with Crippen molar-refractivity contribution in [1.29, 1.82) is 0 Å².